The molecule has 35 heavy (non-hydrogen) atoms. The second-order valence-electron chi connectivity index (χ2n) is 8.32. The lowest BCUT2D eigenvalue weighted by Crippen LogP contribution is -2.34. The second kappa shape index (κ2) is 13.3. The molecule has 3 amide bonds. The quantitative estimate of drug-likeness (QED) is 0.306. The molecule has 2 aromatic rings. The first-order chi connectivity index (χ1) is 17.0. The molecule has 0 spiro atoms. The Balaban J connectivity index is 1.51. The first kappa shape index (κ1) is 26.8. The van der Waals surface area contributed by atoms with Crippen molar-refractivity contribution in [1.82, 2.24) is 14.6 Å². The number of alkyl halides is 2. The summed E-state index contributed by atoms with van der Waals surface area (Å²) in [7, 11) is 0. The molecule has 1 saturated heterocycles. The summed E-state index contributed by atoms with van der Waals surface area (Å²) in [4.78, 5) is 26.6. The van der Waals surface area contributed by atoms with Gasteiger partial charge < -0.3 is 20.9 Å². The second-order valence-corrected chi connectivity index (χ2v) is 9.09. The summed E-state index contributed by atoms with van der Waals surface area (Å²) in [6.45, 7) is 0.872. The first-order valence-corrected chi connectivity index (χ1v) is 12.3. The van der Waals surface area contributed by atoms with E-state index in [1.807, 2.05) is 0 Å². The number of unbranched alkanes of at least 4 members (excludes halogenated alkanes) is 1. The number of hydrogen-bond donors (Lipinski definition) is 4. The number of likely N-dealkylation sites (tertiary alicyclic amines) is 1. The highest BCUT2D eigenvalue weighted by Gasteiger charge is 2.23. The Morgan fingerprint density at radius 1 is 1.26 bits per heavy atom. The van der Waals surface area contributed by atoms with E-state index in [1.165, 1.54) is 18.2 Å². The third-order valence-corrected chi connectivity index (χ3v) is 6.68. The molecule has 5 N–H and O–H groups in total. The Labute approximate surface area is 206 Å². The average Bonchev–Trinajstić information content (AvgIpc) is 3.48. The minimum Gasteiger partial charge on any atom is -0.472 e. The number of aliphatic hydroxyl groups is 1. The van der Waals surface area contributed by atoms with Crippen LogP contribution in [0.2, 0.25) is 0 Å². The smallest absolute Gasteiger partial charge is 0.319 e. The average molecular weight is 512 g/mol. The van der Waals surface area contributed by atoms with E-state index >= 15 is 0 Å². The molecule has 1 fully saturated rings. The van der Waals surface area contributed by atoms with Gasteiger partial charge in [-0.3, -0.25) is 15.0 Å². The molecular formula is C23H31F2N5O4S. The molecule has 1 atom stereocenters. The molecule has 1 aromatic carbocycles. The molecule has 1 aromatic heterocycles. The first-order valence-electron chi connectivity index (χ1n) is 11.5. The molecule has 0 saturated carbocycles. The summed E-state index contributed by atoms with van der Waals surface area (Å²) in [5.74, 6) is -0.923. The van der Waals surface area contributed by atoms with Crippen LogP contribution in [0.4, 0.5) is 18.6 Å². The number of nitrogens with two attached hydrogens (primary N) is 1. The standard InChI is InChI=1S/C23H31F2N5O4S/c24-11-15-5-6-16(12-25)17(10-15)14-34-21-19(20(26)32)22(35-29-21)28-23(33)27-7-1-2-8-30-9-3-4-18(30)13-31/h5-6,10,18,31H,1-4,7-9,11-14H2,(H2,26,32)(H2,27,28,33). The molecule has 2 heterocycles. The van der Waals surface area contributed by atoms with Gasteiger partial charge in [-0.2, -0.15) is 4.37 Å². The van der Waals surface area contributed by atoms with Crippen molar-refractivity contribution in [3.05, 3.63) is 40.5 Å². The highest BCUT2D eigenvalue weighted by atomic mass is 32.1. The summed E-state index contributed by atoms with van der Waals surface area (Å²) in [5.41, 5.74) is 6.53. The van der Waals surface area contributed by atoms with Gasteiger partial charge >= 0.3 is 6.03 Å². The van der Waals surface area contributed by atoms with Crippen molar-refractivity contribution >= 4 is 28.5 Å². The number of anilines is 1. The van der Waals surface area contributed by atoms with E-state index in [4.69, 9.17) is 10.5 Å². The van der Waals surface area contributed by atoms with E-state index in [-0.39, 0.29) is 35.7 Å². The zero-order valence-electron chi connectivity index (χ0n) is 19.4. The van der Waals surface area contributed by atoms with Gasteiger partial charge in [-0.1, -0.05) is 12.1 Å². The number of carbonyl (C=O) groups is 2. The van der Waals surface area contributed by atoms with Gasteiger partial charge in [-0.25, -0.2) is 13.6 Å². The lowest BCUT2D eigenvalue weighted by atomic mass is 10.1. The Morgan fingerprint density at radius 3 is 2.80 bits per heavy atom. The van der Waals surface area contributed by atoms with Crippen LogP contribution in [0.5, 0.6) is 5.88 Å². The van der Waals surface area contributed by atoms with Crippen LogP contribution >= 0.6 is 11.5 Å². The molecule has 192 valence electrons. The number of nitrogens with zero attached hydrogens (tertiary/aromatic N) is 2. The van der Waals surface area contributed by atoms with Crippen molar-refractivity contribution < 1.29 is 28.2 Å². The predicted molar refractivity (Wildman–Crippen MR) is 129 cm³/mol. The number of hydrogen-bond acceptors (Lipinski definition) is 7. The van der Waals surface area contributed by atoms with E-state index in [0.29, 0.717) is 23.2 Å². The molecule has 1 unspecified atom stereocenters. The van der Waals surface area contributed by atoms with E-state index in [1.54, 1.807) is 0 Å². The number of ether oxygens (including phenoxy) is 1. The zero-order valence-corrected chi connectivity index (χ0v) is 20.2. The van der Waals surface area contributed by atoms with Crippen LogP contribution < -0.4 is 21.1 Å². The van der Waals surface area contributed by atoms with Crippen LogP contribution in [0, 0.1) is 0 Å². The Hall–Kier alpha value is -2.83. The van der Waals surface area contributed by atoms with E-state index < -0.39 is 25.3 Å². The Kier molecular flexibility index (Phi) is 10.2. The monoisotopic (exact) mass is 511 g/mol. The molecular weight excluding hydrogens is 480 g/mol. The highest BCUT2D eigenvalue weighted by Crippen LogP contribution is 2.31. The highest BCUT2D eigenvalue weighted by molar-refractivity contribution is 7.11. The summed E-state index contributed by atoms with van der Waals surface area (Å²) in [6.07, 6.45) is 3.75. The topological polar surface area (TPSA) is 130 Å². The number of urea groups is 1. The van der Waals surface area contributed by atoms with Crippen LogP contribution in [0.25, 0.3) is 0 Å². The van der Waals surface area contributed by atoms with Crippen molar-refractivity contribution in [3.8, 4) is 5.88 Å². The zero-order chi connectivity index (χ0) is 25.2. The van der Waals surface area contributed by atoms with E-state index in [0.717, 1.165) is 50.3 Å². The summed E-state index contributed by atoms with van der Waals surface area (Å²) in [5, 5.41) is 14.8. The van der Waals surface area contributed by atoms with Crippen LogP contribution in [0.15, 0.2) is 18.2 Å². The van der Waals surface area contributed by atoms with Gasteiger partial charge in [-0.15, -0.1) is 0 Å². The number of amides is 3. The minimum atomic E-state index is -0.837. The SMILES string of the molecule is NC(=O)c1c(OCc2cc(CF)ccc2CF)nsc1NC(=O)NCCCCN1CCCC1CO. The molecule has 0 aliphatic carbocycles. The van der Waals surface area contributed by atoms with Crippen LogP contribution in [-0.2, 0) is 20.0 Å². The maximum Gasteiger partial charge on any atom is 0.319 e. The van der Waals surface area contributed by atoms with Gasteiger partial charge in [0.05, 0.1) is 6.61 Å². The number of aliphatic hydroxyl groups excluding tert-OH is 1. The molecule has 12 heteroatoms. The van der Waals surface area contributed by atoms with Crippen molar-refractivity contribution in [2.24, 2.45) is 5.73 Å². The van der Waals surface area contributed by atoms with Crippen LogP contribution in [-0.4, -0.2) is 58.6 Å². The largest absolute Gasteiger partial charge is 0.472 e. The minimum absolute atomic E-state index is 0.0855. The third-order valence-electron chi connectivity index (χ3n) is 5.94. The van der Waals surface area contributed by atoms with Crippen molar-refractivity contribution in [3.63, 3.8) is 0 Å². The third kappa shape index (κ3) is 7.33. The molecule has 3 rings (SSSR count). The molecule has 0 radical (unpaired) electrons. The number of nitrogens with one attached hydrogen (secondary N) is 2. The summed E-state index contributed by atoms with van der Waals surface area (Å²) < 4.78 is 35.9. The van der Waals surface area contributed by atoms with Crippen LogP contribution in [0.3, 0.4) is 0 Å². The van der Waals surface area contributed by atoms with Gasteiger partial charge in [0.2, 0.25) is 5.88 Å². The number of halogens is 2. The normalized spacial score (nSPS) is 15.8. The van der Waals surface area contributed by atoms with E-state index in [9.17, 15) is 23.5 Å². The fourth-order valence-electron chi connectivity index (χ4n) is 4.04. The molecule has 9 nitrogen and oxygen atoms in total. The van der Waals surface area contributed by atoms with Crippen molar-refractivity contribution in [1.29, 1.82) is 0 Å². The predicted octanol–water partition coefficient (Wildman–Crippen LogP) is 3.12. The van der Waals surface area contributed by atoms with Gasteiger partial charge in [0.15, 0.2) is 0 Å². The number of rotatable bonds is 13. The van der Waals surface area contributed by atoms with Crippen molar-refractivity contribution in [2.45, 2.75) is 51.7 Å². The maximum absolute atomic E-state index is 13.3. The number of carbonyl (C=O) groups excluding carboxylic acids is 2. The van der Waals surface area contributed by atoms with Gasteiger partial charge in [0, 0.05) is 12.6 Å². The lowest BCUT2D eigenvalue weighted by Gasteiger charge is -2.22. The number of benzene rings is 1. The fourth-order valence-corrected chi connectivity index (χ4v) is 4.77. The Bertz CT molecular complexity index is 1010. The Morgan fingerprint density at radius 2 is 2.09 bits per heavy atom. The lowest BCUT2D eigenvalue weighted by molar-refractivity contribution is 0.0996. The summed E-state index contributed by atoms with van der Waals surface area (Å²) >= 11 is 0.837. The maximum atomic E-state index is 13.3. The van der Waals surface area contributed by atoms with Crippen molar-refractivity contribution in [2.75, 3.05) is 31.6 Å². The molecule has 0 bridgehead atoms. The number of aromatic nitrogens is 1. The van der Waals surface area contributed by atoms with Gasteiger partial charge in [0.25, 0.3) is 5.91 Å². The van der Waals surface area contributed by atoms with E-state index in [2.05, 4.69) is 19.9 Å². The van der Waals surface area contributed by atoms with Crippen LogP contribution in [0.1, 0.15) is 52.7 Å². The fraction of sp³-hybridized carbons (Fsp3) is 0.522. The molecule has 1 aliphatic heterocycles. The number of primary amides is 1. The van der Waals surface area contributed by atoms with Gasteiger partial charge in [0.1, 0.15) is 30.5 Å². The van der Waals surface area contributed by atoms with Gasteiger partial charge in [-0.05, 0) is 73.1 Å². The summed E-state index contributed by atoms with van der Waals surface area (Å²) in [6, 6.07) is 4.20. The molecule has 1 aliphatic rings.